The molecule has 0 aliphatic rings. The molecule has 0 atom stereocenters. The normalized spacial score (nSPS) is 10.6. The van der Waals surface area contributed by atoms with Crippen LogP contribution in [0.15, 0.2) is 54.7 Å². The number of aromatic nitrogens is 1. The van der Waals surface area contributed by atoms with Gasteiger partial charge in [-0.3, -0.25) is 4.79 Å². The van der Waals surface area contributed by atoms with Crippen molar-refractivity contribution >= 4 is 16.8 Å². The summed E-state index contributed by atoms with van der Waals surface area (Å²) in [5.41, 5.74) is 1.09. The second kappa shape index (κ2) is 8.98. The number of fused-ring (bicyclic) bond motifs is 1. The third-order valence-corrected chi connectivity index (χ3v) is 4.31. The maximum atomic E-state index is 12.1. The van der Waals surface area contributed by atoms with Crippen molar-refractivity contribution in [3.05, 3.63) is 54.7 Å². The number of ether oxygens (including phenoxy) is 3. The molecule has 6 nitrogen and oxygen atoms in total. The van der Waals surface area contributed by atoms with Crippen LogP contribution in [0.2, 0.25) is 0 Å². The van der Waals surface area contributed by atoms with Crippen molar-refractivity contribution in [1.82, 2.24) is 9.88 Å². The first kappa shape index (κ1) is 18.6. The molecule has 0 radical (unpaired) electrons. The van der Waals surface area contributed by atoms with Crippen LogP contribution in [0, 0.1) is 0 Å². The average molecular weight is 368 g/mol. The minimum atomic E-state index is -0.00557. The second-order valence-electron chi connectivity index (χ2n) is 6.03. The first-order chi connectivity index (χ1) is 13.2. The zero-order chi connectivity index (χ0) is 19.1. The van der Waals surface area contributed by atoms with E-state index in [9.17, 15) is 4.79 Å². The van der Waals surface area contributed by atoms with E-state index < -0.39 is 0 Å². The molecule has 0 spiro atoms. The summed E-state index contributed by atoms with van der Waals surface area (Å²) in [5.74, 6) is 2.17. The molecular formula is C21H24N2O4. The molecule has 0 aliphatic carbocycles. The summed E-state index contributed by atoms with van der Waals surface area (Å²) in [4.78, 5) is 12.1. The van der Waals surface area contributed by atoms with Crippen LogP contribution < -0.4 is 19.5 Å². The summed E-state index contributed by atoms with van der Waals surface area (Å²) in [6.45, 7) is 1.45. The molecule has 0 saturated carbocycles. The largest absolute Gasteiger partial charge is 0.497 e. The smallest absolute Gasteiger partial charge is 0.221 e. The Morgan fingerprint density at radius 1 is 1.04 bits per heavy atom. The number of para-hydroxylation sites is 2. The molecule has 1 aromatic heterocycles. The summed E-state index contributed by atoms with van der Waals surface area (Å²) in [6, 6.07) is 15.4. The van der Waals surface area contributed by atoms with Crippen LogP contribution in [0.3, 0.4) is 0 Å². The molecule has 0 unspecified atom stereocenters. The quantitative estimate of drug-likeness (QED) is 0.589. The highest BCUT2D eigenvalue weighted by Gasteiger charge is 2.06. The number of rotatable bonds is 9. The van der Waals surface area contributed by atoms with Gasteiger partial charge in [0.05, 0.1) is 20.8 Å². The Morgan fingerprint density at radius 2 is 1.85 bits per heavy atom. The van der Waals surface area contributed by atoms with Gasteiger partial charge in [-0.15, -0.1) is 0 Å². The highest BCUT2D eigenvalue weighted by molar-refractivity contribution is 5.82. The number of nitrogens with zero attached hydrogens (tertiary/aromatic N) is 1. The molecule has 2 aromatic carbocycles. The summed E-state index contributed by atoms with van der Waals surface area (Å²) in [6.07, 6.45) is 2.40. The number of methoxy groups -OCH3 is 2. The van der Waals surface area contributed by atoms with Crippen LogP contribution in [-0.2, 0) is 11.3 Å². The molecular weight excluding hydrogens is 344 g/mol. The maximum Gasteiger partial charge on any atom is 0.221 e. The number of hydrogen-bond donors (Lipinski definition) is 1. The van der Waals surface area contributed by atoms with E-state index in [2.05, 4.69) is 9.88 Å². The fourth-order valence-electron chi connectivity index (χ4n) is 2.90. The number of amides is 1. The number of benzene rings is 2. The highest BCUT2D eigenvalue weighted by atomic mass is 16.5. The Balaban J connectivity index is 1.43. The molecule has 1 heterocycles. The summed E-state index contributed by atoms with van der Waals surface area (Å²) in [5, 5.41) is 3.98. The van der Waals surface area contributed by atoms with Gasteiger partial charge in [-0.25, -0.2) is 0 Å². The predicted molar refractivity (Wildman–Crippen MR) is 105 cm³/mol. The molecule has 142 valence electrons. The van der Waals surface area contributed by atoms with Crippen molar-refractivity contribution in [2.75, 3.05) is 27.4 Å². The van der Waals surface area contributed by atoms with E-state index in [0.29, 0.717) is 37.6 Å². The Morgan fingerprint density at radius 3 is 2.63 bits per heavy atom. The molecule has 1 N–H and O–H groups in total. The molecule has 0 aliphatic heterocycles. The van der Waals surface area contributed by atoms with E-state index in [4.69, 9.17) is 14.2 Å². The van der Waals surface area contributed by atoms with E-state index in [1.165, 1.54) is 0 Å². The van der Waals surface area contributed by atoms with Gasteiger partial charge < -0.3 is 24.1 Å². The lowest BCUT2D eigenvalue weighted by atomic mass is 10.2. The Labute approximate surface area is 158 Å². The van der Waals surface area contributed by atoms with Crippen LogP contribution in [0.4, 0.5) is 0 Å². The van der Waals surface area contributed by atoms with Gasteiger partial charge >= 0.3 is 0 Å². The summed E-state index contributed by atoms with van der Waals surface area (Å²) in [7, 11) is 3.26. The van der Waals surface area contributed by atoms with Crippen LogP contribution in [0.25, 0.3) is 10.9 Å². The van der Waals surface area contributed by atoms with Gasteiger partial charge in [-0.2, -0.15) is 0 Å². The van der Waals surface area contributed by atoms with Gasteiger partial charge in [0.1, 0.15) is 12.4 Å². The molecule has 0 bridgehead atoms. The van der Waals surface area contributed by atoms with Crippen molar-refractivity contribution in [3.8, 4) is 17.2 Å². The topological polar surface area (TPSA) is 61.7 Å². The minimum Gasteiger partial charge on any atom is -0.497 e. The van der Waals surface area contributed by atoms with Crippen molar-refractivity contribution in [2.24, 2.45) is 0 Å². The van der Waals surface area contributed by atoms with Gasteiger partial charge in [0.15, 0.2) is 11.5 Å². The summed E-state index contributed by atoms with van der Waals surface area (Å²) < 4.78 is 18.2. The highest BCUT2D eigenvalue weighted by Crippen LogP contribution is 2.25. The molecule has 6 heteroatoms. The van der Waals surface area contributed by atoms with Crippen molar-refractivity contribution in [1.29, 1.82) is 0 Å². The standard InChI is InChI=1S/C21H24N2O4/c1-25-17-7-8-18-16(15-17)9-12-23(18)13-10-21(24)22-11-14-27-20-6-4-3-5-19(20)26-2/h3-9,12,15H,10-11,13-14H2,1-2H3,(H,22,24). The molecule has 0 fully saturated rings. The lowest BCUT2D eigenvalue weighted by Crippen LogP contribution is -2.28. The van der Waals surface area contributed by atoms with E-state index in [-0.39, 0.29) is 5.91 Å². The van der Waals surface area contributed by atoms with Crippen LogP contribution in [-0.4, -0.2) is 37.8 Å². The van der Waals surface area contributed by atoms with E-state index in [0.717, 1.165) is 16.7 Å². The Hall–Kier alpha value is -3.15. The number of carbonyl (C=O) groups excluding carboxylic acids is 1. The molecule has 3 aromatic rings. The molecule has 27 heavy (non-hydrogen) atoms. The lowest BCUT2D eigenvalue weighted by molar-refractivity contribution is -0.121. The maximum absolute atomic E-state index is 12.1. The van der Waals surface area contributed by atoms with Crippen LogP contribution in [0.1, 0.15) is 6.42 Å². The molecule has 1 amide bonds. The van der Waals surface area contributed by atoms with E-state index in [1.807, 2.05) is 54.7 Å². The van der Waals surface area contributed by atoms with Gasteiger partial charge in [0.25, 0.3) is 0 Å². The van der Waals surface area contributed by atoms with E-state index >= 15 is 0 Å². The van der Waals surface area contributed by atoms with Gasteiger partial charge in [0, 0.05) is 30.1 Å². The molecule has 0 saturated heterocycles. The van der Waals surface area contributed by atoms with E-state index in [1.54, 1.807) is 14.2 Å². The van der Waals surface area contributed by atoms with Crippen LogP contribution in [0.5, 0.6) is 17.2 Å². The number of aryl methyl sites for hydroxylation is 1. The fraction of sp³-hybridized carbons (Fsp3) is 0.286. The number of carbonyl (C=O) groups is 1. The van der Waals surface area contributed by atoms with Gasteiger partial charge in [0.2, 0.25) is 5.91 Å². The Kier molecular flexibility index (Phi) is 6.20. The second-order valence-corrected chi connectivity index (χ2v) is 6.03. The van der Waals surface area contributed by atoms with Crippen LogP contribution >= 0.6 is 0 Å². The zero-order valence-corrected chi connectivity index (χ0v) is 15.6. The minimum absolute atomic E-state index is 0.00557. The predicted octanol–water partition coefficient (Wildman–Crippen LogP) is 3.24. The number of hydrogen-bond acceptors (Lipinski definition) is 4. The SMILES string of the molecule is COc1ccc2c(ccn2CCC(=O)NCCOc2ccccc2OC)c1. The lowest BCUT2D eigenvalue weighted by Gasteiger charge is -2.11. The number of nitrogens with one attached hydrogen (secondary N) is 1. The fourth-order valence-corrected chi connectivity index (χ4v) is 2.90. The van der Waals surface area contributed by atoms with Crippen molar-refractivity contribution in [2.45, 2.75) is 13.0 Å². The Bertz CT molecular complexity index is 904. The average Bonchev–Trinajstić information content (AvgIpc) is 3.12. The monoisotopic (exact) mass is 368 g/mol. The molecule has 3 rings (SSSR count). The summed E-state index contributed by atoms with van der Waals surface area (Å²) >= 11 is 0. The third kappa shape index (κ3) is 4.73. The van der Waals surface area contributed by atoms with Gasteiger partial charge in [-0.05, 0) is 36.4 Å². The van der Waals surface area contributed by atoms with Crippen molar-refractivity contribution in [3.63, 3.8) is 0 Å². The first-order valence-electron chi connectivity index (χ1n) is 8.86. The van der Waals surface area contributed by atoms with Crippen molar-refractivity contribution < 1.29 is 19.0 Å². The zero-order valence-electron chi connectivity index (χ0n) is 15.6. The first-order valence-corrected chi connectivity index (χ1v) is 8.86. The third-order valence-electron chi connectivity index (χ3n) is 4.31. The van der Waals surface area contributed by atoms with Gasteiger partial charge in [-0.1, -0.05) is 12.1 Å².